The molecule has 0 heterocycles. The van der Waals surface area contributed by atoms with Gasteiger partial charge in [0.15, 0.2) is 0 Å². The highest BCUT2D eigenvalue weighted by Crippen LogP contribution is 2.48. The predicted molar refractivity (Wildman–Crippen MR) is 67.1 cm³/mol. The lowest BCUT2D eigenvalue weighted by molar-refractivity contribution is -0.104. The molecule has 2 rings (SSSR count). The van der Waals surface area contributed by atoms with Crippen LogP contribution in [0.5, 0.6) is 0 Å². The summed E-state index contributed by atoms with van der Waals surface area (Å²) in [7, 11) is 0. The molecule has 1 heteroatoms. The Balaban J connectivity index is 2.27. The minimum Gasteiger partial charge on any atom is -0.298 e. The van der Waals surface area contributed by atoms with Gasteiger partial charge < -0.3 is 0 Å². The number of carbonyl (C=O) groups excluding carboxylic acids is 1. The van der Waals surface area contributed by atoms with Crippen molar-refractivity contribution in [2.75, 3.05) is 0 Å². The number of hydrogen-bond acceptors (Lipinski definition) is 1. The number of carbonyl (C=O) groups is 1. The lowest BCUT2D eigenvalue weighted by atomic mass is 9.71. The van der Waals surface area contributed by atoms with Crippen LogP contribution in [0.4, 0.5) is 0 Å². The summed E-state index contributed by atoms with van der Waals surface area (Å²) in [6.07, 6.45) is 8.33. The van der Waals surface area contributed by atoms with Crippen LogP contribution in [-0.2, 0) is 4.79 Å². The predicted octanol–water partition coefficient (Wildman–Crippen LogP) is 3.90. The molecule has 0 aromatic rings. The Hall–Kier alpha value is -0.850. The Labute approximate surface area is 98.6 Å². The second-order valence-corrected chi connectivity index (χ2v) is 5.57. The molecule has 1 nitrogen and oxygen atoms in total. The van der Waals surface area contributed by atoms with Crippen molar-refractivity contribution in [3.8, 4) is 0 Å². The molecule has 0 aromatic carbocycles. The summed E-state index contributed by atoms with van der Waals surface area (Å²) in [5, 5.41) is 0. The highest BCUT2D eigenvalue weighted by molar-refractivity contribution is 5.72. The molecular weight excluding hydrogens is 196 g/mol. The SMILES string of the molecule is CC1=C2[C@H](/C=C(\C)C=O)CC[C@H](C)[C@H]2CC1. The second-order valence-electron chi connectivity index (χ2n) is 5.57. The molecule has 0 aromatic heterocycles. The van der Waals surface area contributed by atoms with Gasteiger partial charge >= 0.3 is 0 Å². The van der Waals surface area contributed by atoms with Crippen LogP contribution in [0.3, 0.4) is 0 Å². The maximum absolute atomic E-state index is 10.7. The monoisotopic (exact) mass is 218 g/mol. The standard InChI is InChI=1S/C15H22O/c1-10(9-16)8-13-6-4-11(2)14-7-5-12(3)15(13)14/h8-9,11,13-14H,4-7H2,1-3H3/b10-8+/t11-,13-,14+/m0/s1. The highest BCUT2D eigenvalue weighted by Gasteiger charge is 2.35. The van der Waals surface area contributed by atoms with Gasteiger partial charge in [-0.2, -0.15) is 0 Å². The maximum Gasteiger partial charge on any atom is 0.145 e. The lowest BCUT2D eigenvalue weighted by Gasteiger charge is -2.34. The summed E-state index contributed by atoms with van der Waals surface area (Å²) in [5.74, 6) is 2.19. The fourth-order valence-corrected chi connectivity index (χ4v) is 3.50. The molecule has 88 valence electrons. The molecule has 0 N–H and O–H groups in total. The van der Waals surface area contributed by atoms with Gasteiger partial charge in [-0.05, 0) is 62.9 Å². The van der Waals surface area contributed by atoms with Crippen molar-refractivity contribution in [3.63, 3.8) is 0 Å². The molecule has 0 bridgehead atoms. The summed E-state index contributed by atoms with van der Waals surface area (Å²) < 4.78 is 0. The van der Waals surface area contributed by atoms with Crippen LogP contribution in [0.15, 0.2) is 22.8 Å². The van der Waals surface area contributed by atoms with Crippen molar-refractivity contribution < 1.29 is 4.79 Å². The third-order valence-electron chi connectivity index (χ3n) is 4.39. The summed E-state index contributed by atoms with van der Waals surface area (Å²) in [6, 6.07) is 0. The molecule has 1 fully saturated rings. The van der Waals surface area contributed by atoms with E-state index >= 15 is 0 Å². The molecule has 16 heavy (non-hydrogen) atoms. The summed E-state index contributed by atoms with van der Waals surface area (Å²) >= 11 is 0. The molecule has 0 spiro atoms. The number of aldehydes is 1. The highest BCUT2D eigenvalue weighted by atomic mass is 16.1. The smallest absolute Gasteiger partial charge is 0.145 e. The van der Waals surface area contributed by atoms with Gasteiger partial charge in [-0.15, -0.1) is 0 Å². The quantitative estimate of drug-likeness (QED) is 0.390. The van der Waals surface area contributed by atoms with Crippen LogP contribution in [0.2, 0.25) is 0 Å². The van der Waals surface area contributed by atoms with E-state index in [1.54, 1.807) is 11.1 Å². The van der Waals surface area contributed by atoms with E-state index in [2.05, 4.69) is 19.9 Å². The van der Waals surface area contributed by atoms with Crippen molar-refractivity contribution in [3.05, 3.63) is 22.8 Å². The minimum absolute atomic E-state index is 0.550. The molecule has 2 aliphatic rings. The fraction of sp³-hybridized carbons (Fsp3) is 0.667. The van der Waals surface area contributed by atoms with E-state index in [1.165, 1.54) is 25.7 Å². The van der Waals surface area contributed by atoms with Crippen LogP contribution >= 0.6 is 0 Å². The first-order chi connectivity index (χ1) is 7.63. The zero-order valence-corrected chi connectivity index (χ0v) is 10.6. The molecule has 0 radical (unpaired) electrons. The zero-order chi connectivity index (χ0) is 11.7. The third kappa shape index (κ3) is 2.00. The summed E-state index contributed by atoms with van der Waals surface area (Å²) in [6.45, 7) is 6.59. The molecule has 1 saturated carbocycles. The average Bonchev–Trinajstić information content (AvgIpc) is 2.66. The first-order valence-corrected chi connectivity index (χ1v) is 6.46. The van der Waals surface area contributed by atoms with E-state index in [4.69, 9.17) is 0 Å². The summed E-state index contributed by atoms with van der Waals surface area (Å²) in [5.41, 5.74) is 4.15. The van der Waals surface area contributed by atoms with E-state index < -0.39 is 0 Å². The van der Waals surface area contributed by atoms with Crippen molar-refractivity contribution >= 4 is 6.29 Å². The van der Waals surface area contributed by atoms with Gasteiger partial charge in [-0.25, -0.2) is 0 Å². The first-order valence-electron chi connectivity index (χ1n) is 6.46. The Morgan fingerprint density at radius 1 is 1.31 bits per heavy atom. The van der Waals surface area contributed by atoms with E-state index in [1.807, 2.05) is 6.92 Å². The summed E-state index contributed by atoms with van der Waals surface area (Å²) in [4.78, 5) is 10.7. The second kappa shape index (κ2) is 4.57. The van der Waals surface area contributed by atoms with Gasteiger partial charge in [0.05, 0.1) is 0 Å². The number of fused-ring (bicyclic) bond motifs is 1. The van der Waals surface area contributed by atoms with Crippen molar-refractivity contribution in [1.29, 1.82) is 0 Å². The minimum atomic E-state index is 0.550. The van der Waals surface area contributed by atoms with Gasteiger partial charge in [0.2, 0.25) is 0 Å². The molecule has 0 saturated heterocycles. The topological polar surface area (TPSA) is 17.1 Å². The Morgan fingerprint density at radius 3 is 2.75 bits per heavy atom. The van der Waals surface area contributed by atoms with E-state index in [9.17, 15) is 4.79 Å². The zero-order valence-electron chi connectivity index (χ0n) is 10.6. The number of hydrogen-bond donors (Lipinski definition) is 0. The fourth-order valence-electron chi connectivity index (χ4n) is 3.50. The van der Waals surface area contributed by atoms with E-state index in [0.29, 0.717) is 5.92 Å². The van der Waals surface area contributed by atoms with Crippen LogP contribution in [0.25, 0.3) is 0 Å². The van der Waals surface area contributed by atoms with Crippen LogP contribution in [0.1, 0.15) is 46.5 Å². The molecular formula is C15H22O. The maximum atomic E-state index is 10.7. The van der Waals surface area contributed by atoms with Gasteiger partial charge in [0, 0.05) is 0 Å². The van der Waals surface area contributed by atoms with Crippen LogP contribution < -0.4 is 0 Å². The van der Waals surface area contributed by atoms with Gasteiger partial charge in [0.1, 0.15) is 6.29 Å². The van der Waals surface area contributed by atoms with Gasteiger partial charge in [-0.3, -0.25) is 4.79 Å². The molecule has 0 aliphatic heterocycles. The lowest BCUT2D eigenvalue weighted by Crippen LogP contribution is -2.23. The van der Waals surface area contributed by atoms with E-state index in [0.717, 1.165) is 23.7 Å². The molecule has 3 atom stereocenters. The molecule has 0 amide bonds. The molecule has 2 aliphatic carbocycles. The van der Waals surface area contributed by atoms with Crippen LogP contribution in [-0.4, -0.2) is 6.29 Å². The van der Waals surface area contributed by atoms with Crippen molar-refractivity contribution in [1.82, 2.24) is 0 Å². The first kappa shape index (κ1) is 11.6. The number of rotatable bonds is 2. The Bertz CT molecular complexity index is 348. The average molecular weight is 218 g/mol. The Kier molecular flexibility index (Phi) is 3.32. The van der Waals surface area contributed by atoms with Gasteiger partial charge in [0.25, 0.3) is 0 Å². The van der Waals surface area contributed by atoms with E-state index in [-0.39, 0.29) is 0 Å². The van der Waals surface area contributed by atoms with Crippen LogP contribution in [0, 0.1) is 17.8 Å². The molecule has 0 unspecified atom stereocenters. The number of allylic oxidation sites excluding steroid dienone is 4. The van der Waals surface area contributed by atoms with Gasteiger partial charge in [-0.1, -0.05) is 24.1 Å². The Morgan fingerprint density at radius 2 is 2.06 bits per heavy atom. The van der Waals surface area contributed by atoms with Crippen molar-refractivity contribution in [2.45, 2.75) is 46.5 Å². The largest absolute Gasteiger partial charge is 0.298 e. The normalized spacial score (nSPS) is 35.2. The third-order valence-corrected chi connectivity index (χ3v) is 4.39. The van der Waals surface area contributed by atoms with Crippen molar-refractivity contribution in [2.24, 2.45) is 17.8 Å².